The quantitative estimate of drug-likeness (QED) is 0.190. The molecule has 0 saturated carbocycles. The van der Waals surface area contributed by atoms with E-state index in [1.807, 2.05) is 84.9 Å². The second-order valence-corrected chi connectivity index (χ2v) is 11.8. The molecular formula is C38H44N2O8. The lowest BCUT2D eigenvalue weighted by molar-refractivity contribution is -0.155. The fraction of sp³-hybridized carbons (Fsp3) is 0.368. The number of cyclic esters (lactones) is 1. The first-order valence-electron chi connectivity index (χ1n) is 16.4. The third-order valence-electron chi connectivity index (χ3n) is 7.87. The van der Waals surface area contributed by atoms with Gasteiger partial charge >= 0.3 is 11.9 Å². The largest absolute Gasteiger partial charge is 0.489 e. The molecule has 0 fully saturated rings. The molecule has 0 radical (unpaired) electrons. The van der Waals surface area contributed by atoms with Crippen LogP contribution < -0.4 is 15.4 Å². The molecule has 254 valence electrons. The van der Waals surface area contributed by atoms with E-state index >= 15 is 0 Å². The topological polar surface area (TPSA) is 140 Å². The molecule has 0 bridgehead atoms. The van der Waals surface area contributed by atoms with E-state index in [9.17, 15) is 24.3 Å². The van der Waals surface area contributed by atoms with Crippen LogP contribution in [0.5, 0.6) is 5.75 Å². The number of aliphatic hydroxyl groups is 1. The van der Waals surface area contributed by atoms with Gasteiger partial charge in [0, 0.05) is 12.8 Å². The van der Waals surface area contributed by atoms with E-state index in [-0.39, 0.29) is 39.1 Å². The van der Waals surface area contributed by atoms with E-state index in [1.54, 1.807) is 12.1 Å². The van der Waals surface area contributed by atoms with Gasteiger partial charge in [0.1, 0.15) is 25.6 Å². The molecule has 10 nitrogen and oxygen atoms in total. The Kier molecular flexibility index (Phi) is 14.7. The minimum atomic E-state index is -1.24. The monoisotopic (exact) mass is 656 g/mol. The summed E-state index contributed by atoms with van der Waals surface area (Å²) in [5.74, 6) is -2.28. The van der Waals surface area contributed by atoms with Gasteiger partial charge in [-0.1, -0.05) is 84.9 Å². The predicted octanol–water partition coefficient (Wildman–Crippen LogP) is 4.58. The van der Waals surface area contributed by atoms with Crippen LogP contribution in [0.4, 0.5) is 0 Å². The van der Waals surface area contributed by atoms with Gasteiger partial charge in [0.15, 0.2) is 6.04 Å². The summed E-state index contributed by atoms with van der Waals surface area (Å²) in [6, 6.07) is 24.6. The number of amides is 2. The van der Waals surface area contributed by atoms with Gasteiger partial charge in [0.05, 0.1) is 18.6 Å². The van der Waals surface area contributed by atoms with Gasteiger partial charge in [0.25, 0.3) is 0 Å². The standard InChI is InChI=1S/C38H44N2O8/c41-24-32(22-28-18-20-33(21-19-28)46-25-29-12-6-4-7-13-29)39-35(42)23-31-16-10-2-1-3-11-17-36(43)47-27-34(40-37(31)44)38(45)48-26-30-14-8-5-9-15-30/h2,4-10,12-15,18-21,31-32,34,41H,1,3,11,16-17,22-27H2,(H,39,42)(H,40,44). The van der Waals surface area contributed by atoms with Crippen LogP contribution >= 0.6 is 0 Å². The first-order chi connectivity index (χ1) is 23.4. The zero-order chi connectivity index (χ0) is 34.0. The van der Waals surface area contributed by atoms with Crippen molar-refractivity contribution >= 4 is 23.8 Å². The first kappa shape index (κ1) is 35.9. The lowest BCUT2D eigenvalue weighted by Gasteiger charge is -2.22. The summed E-state index contributed by atoms with van der Waals surface area (Å²) in [6.07, 6.45) is 6.52. The van der Waals surface area contributed by atoms with Crippen LogP contribution in [-0.4, -0.2) is 54.2 Å². The molecule has 48 heavy (non-hydrogen) atoms. The van der Waals surface area contributed by atoms with Crippen molar-refractivity contribution in [1.82, 2.24) is 10.6 Å². The fourth-order valence-electron chi connectivity index (χ4n) is 5.15. The third-order valence-corrected chi connectivity index (χ3v) is 7.87. The van der Waals surface area contributed by atoms with Gasteiger partial charge in [-0.15, -0.1) is 0 Å². The summed E-state index contributed by atoms with van der Waals surface area (Å²) >= 11 is 0. The summed E-state index contributed by atoms with van der Waals surface area (Å²) in [4.78, 5) is 51.9. The van der Waals surface area contributed by atoms with Gasteiger partial charge in [0.2, 0.25) is 11.8 Å². The minimum Gasteiger partial charge on any atom is -0.489 e. The summed E-state index contributed by atoms with van der Waals surface area (Å²) in [7, 11) is 0. The van der Waals surface area contributed by atoms with Crippen molar-refractivity contribution in [3.05, 3.63) is 114 Å². The van der Waals surface area contributed by atoms with Crippen molar-refractivity contribution in [3.8, 4) is 5.75 Å². The number of esters is 2. The molecule has 0 aromatic heterocycles. The highest BCUT2D eigenvalue weighted by Gasteiger charge is 2.29. The van der Waals surface area contributed by atoms with E-state index < -0.39 is 41.8 Å². The Balaban J connectivity index is 1.35. The fourth-order valence-corrected chi connectivity index (χ4v) is 5.15. The van der Waals surface area contributed by atoms with Gasteiger partial charge in [-0.25, -0.2) is 4.79 Å². The molecular weight excluding hydrogens is 612 g/mol. The van der Waals surface area contributed by atoms with Crippen LogP contribution in [0.3, 0.4) is 0 Å². The number of benzene rings is 3. The predicted molar refractivity (Wildman–Crippen MR) is 179 cm³/mol. The van der Waals surface area contributed by atoms with E-state index in [4.69, 9.17) is 14.2 Å². The van der Waals surface area contributed by atoms with Crippen molar-refractivity contribution in [1.29, 1.82) is 0 Å². The molecule has 0 saturated heterocycles. The second kappa shape index (κ2) is 19.6. The SMILES string of the molecule is O=C(CC1CC=CCCCCC(=O)OCC(C(=O)OCc2ccccc2)NC1=O)NC(CO)Cc1ccc(OCc2ccccc2)cc1. The number of hydrogen-bond acceptors (Lipinski definition) is 8. The number of nitrogens with one attached hydrogen (secondary N) is 2. The molecule has 1 aliphatic heterocycles. The van der Waals surface area contributed by atoms with E-state index in [0.29, 0.717) is 31.6 Å². The van der Waals surface area contributed by atoms with E-state index in [1.165, 1.54) is 0 Å². The lowest BCUT2D eigenvalue weighted by Crippen LogP contribution is -2.48. The number of allylic oxidation sites excluding steroid dienone is 2. The van der Waals surface area contributed by atoms with Crippen LogP contribution in [0, 0.1) is 5.92 Å². The number of carbonyl (C=O) groups is 4. The zero-order valence-electron chi connectivity index (χ0n) is 27.1. The van der Waals surface area contributed by atoms with Crippen LogP contribution in [0.15, 0.2) is 97.1 Å². The van der Waals surface area contributed by atoms with Crippen LogP contribution in [0.2, 0.25) is 0 Å². The Morgan fingerprint density at radius 2 is 1.56 bits per heavy atom. The first-order valence-corrected chi connectivity index (χ1v) is 16.4. The summed E-state index contributed by atoms with van der Waals surface area (Å²) in [5, 5.41) is 15.5. The highest BCUT2D eigenvalue weighted by Crippen LogP contribution is 2.17. The Morgan fingerprint density at radius 1 is 0.875 bits per heavy atom. The molecule has 0 aliphatic carbocycles. The highest BCUT2D eigenvalue weighted by atomic mass is 16.6. The summed E-state index contributed by atoms with van der Waals surface area (Å²) in [6.45, 7) is -0.244. The van der Waals surface area contributed by atoms with Crippen LogP contribution in [-0.2, 0) is 48.3 Å². The third kappa shape index (κ3) is 12.7. The molecule has 1 heterocycles. The van der Waals surface area contributed by atoms with Gasteiger partial charge in [-0.3, -0.25) is 14.4 Å². The molecule has 1 aliphatic rings. The van der Waals surface area contributed by atoms with Crippen molar-refractivity contribution in [3.63, 3.8) is 0 Å². The number of hydrogen-bond donors (Lipinski definition) is 3. The van der Waals surface area contributed by atoms with Gasteiger partial charge in [-0.2, -0.15) is 0 Å². The van der Waals surface area contributed by atoms with Gasteiger partial charge in [-0.05, 0) is 60.9 Å². The van der Waals surface area contributed by atoms with Crippen LogP contribution in [0.1, 0.15) is 55.2 Å². The van der Waals surface area contributed by atoms with Gasteiger partial charge < -0.3 is 30.0 Å². The summed E-state index contributed by atoms with van der Waals surface area (Å²) < 4.78 is 16.6. The highest BCUT2D eigenvalue weighted by molar-refractivity contribution is 5.89. The Bertz CT molecular complexity index is 1480. The lowest BCUT2D eigenvalue weighted by atomic mass is 9.97. The minimum absolute atomic E-state index is 0.0133. The second-order valence-electron chi connectivity index (χ2n) is 11.8. The summed E-state index contributed by atoms with van der Waals surface area (Å²) in [5.41, 5.74) is 2.72. The maximum Gasteiger partial charge on any atom is 0.332 e. The molecule has 2 amide bonds. The van der Waals surface area contributed by atoms with E-state index in [2.05, 4.69) is 10.6 Å². The average Bonchev–Trinajstić information content (AvgIpc) is 3.11. The average molecular weight is 657 g/mol. The van der Waals surface area contributed by atoms with Crippen molar-refractivity contribution in [2.45, 2.75) is 70.2 Å². The number of rotatable bonds is 12. The molecule has 3 atom stereocenters. The molecule has 0 spiro atoms. The molecule has 3 aromatic carbocycles. The number of ether oxygens (including phenoxy) is 3. The normalized spacial score (nSPS) is 18.0. The number of aliphatic hydroxyl groups excluding tert-OH is 1. The molecule has 4 rings (SSSR count). The Hall–Kier alpha value is -4.96. The smallest absolute Gasteiger partial charge is 0.332 e. The van der Waals surface area contributed by atoms with E-state index in [0.717, 1.165) is 23.1 Å². The maximum absolute atomic E-state index is 13.5. The van der Waals surface area contributed by atoms with Crippen LogP contribution in [0.25, 0.3) is 0 Å². The molecule has 3 N–H and O–H groups in total. The van der Waals surface area contributed by atoms with Crippen molar-refractivity contribution in [2.24, 2.45) is 5.92 Å². The Morgan fingerprint density at radius 3 is 2.25 bits per heavy atom. The number of carbonyl (C=O) groups excluding carboxylic acids is 4. The van der Waals surface area contributed by atoms with Crippen molar-refractivity contribution < 1.29 is 38.5 Å². The maximum atomic E-state index is 13.5. The Labute approximate surface area is 281 Å². The zero-order valence-corrected chi connectivity index (χ0v) is 27.1. The molecule has 10 heteroatoms. The van der Waals surface area contributed by atoms with Crippen molar-refractivity contribution in [2.75, 3.05) is 13.2 Å². The molecule has 3 unspecified atom stereocenters. The molecule has 3 aromatic rings.